The number of nitrogens with zero attached hydrogens (tertiary/aromatic N) is 2. The quantitative estimate of drug-likeness (QED) is 0.857. The fourth-order valence-corrected chi connectivity index (χ4v) is 2.28. The van der Waals surface area contributed by atoms with Crippen LogP contribution in [0.5, 0.6) is 5.75 Å². The second kappa shape index (κ2) is 6.53. The number of hydrogen-bond acceptors (Lipinski definition) is 4. The van der Waals surface area contributed by atoms with Crippen molar-refractivity contribution in [3.05, 3.63) is 29.6 Å². The zero-order valence-corrected chi connectivity index (χ0v) is 11.5. The molecule has 0 aromatic heterocycles. The van der Waals surface area contributed by atoms with Crippen LogP contribution >= 0.6 is 0 Å². The molecule has 6 nitrogen and oxygen atoms in total. The molecule has 1 aliphatic rings. The molecule has 21 heavy (non-hydrogen) atoms. The summed E-state index contributed by atoms with van der Waals surface area (Å²) in [6.07, 6.45) is 0.0700. The SMILES string of the molecule is O=C(O)CCN1CCN(C(=O)c2ccc(O)cc2F)CC1. The van der Waals surface area contributed by atoms with Crippen molar-refractivity contribution < 1.29 is 24.2 Å². The van der Waals surface area contributed by atoms with Crippen molar-refractivity contribution in [1.82, 2.24) is 9.80 Å². The highest BCUT2D eigenvalue weighted by Crippen LogP contribution is 2.17. The number of piperazine rings is 1. The van der Waals surface area contributed by atoms with Gasteiger partial charge in [-0.2, -0.15) is 0 Å². The zero-order valence-electron chi connectivity index (χ0n) is 11.5. The molecular weight excluding hydrogens is 279 g/mol. The summed E-state index contributed by atoms with van der Waals surface area (Å²) in [5, 5.41) is 17.8. The van der Waals surface area contributed by atoms with E-state index in [1.54, 1.807) is 0 Å². The maximum atomic E-state index is 13.7. The summed E-state index contributed by atoms with van der Waals surface area (Å²) in [6, 6.07) is 3.46. The maximum absolute atomic E-state index is 13.7. The predicted molar refractivity (Wildman–Crippen MR) is 72.7 cm³/mol. The van der Waals surface area contributed by atoms with Gasteiger partial charge in [0.1, 0.15) is 11.6 Å². The minimum Gasteiger partial charge on any atom is -0.508 e. The van der Waals surface area contributed by atoms with E-state index >= 15 is 0 Å². The van der Waals surface area contributed by atoms with Gasteiger partial charge in [-0.3, -0.25) is 14.5 Å². The van der Waals surface area contributed by atoms with Crippen molar-refractivity contribution in [2.45, 2.75) is 6.42 Å². The molecule has 0 unspecified atom stereocenters. The molecule has 1 aromatic rings. The van der Waals surface area contributed by atoms with Crippen LogP contribution in [0.2, 0.25) is 0 Å². The minimum absolute atomic E-state index is 0.0632. The van der Waals surface area contributed by atoms with Crippen molar-refractivity contribution >= 4 is 11.9 Å². The largest absolute Gasteiger partial charge is 0.508 e. The average Bonchev–Trinajstić information content (AvgIpc) is 2.45. The monoisotopic (exact) mass is 296 g/mol. The third-order valence-corrected chi connectivity index (χ3v) is 3.48. The molecule has 1 fully saturated rings. The summed E-state index contributed by atoms with van der Waals surface area (Å²) < 4.78 is 13.7. The lowest BCUT2D eigenvalue weighted by molar-refractivity contribution is -0.137. The number of phenols is 1. The Balaban J connectivity index is 1.92. The van der Waals surface area contributed by atoms with Crippen LogP contribution in [-0.4, -0.2) is 64.6 Å². The van der Waals surface area contributed by atoms with Crippen LogP contribution < -0.4 is 0 Å². The summed E-state index contributed by atoms with van der Waals surface area (Å²) in [5.41, 5.74) is -0.0632. The van der Waals surface area contributed by atoms with Crippen molar-refractivity contribution in [2.75, 3.05) is 32.7 Å². The third kappa shape index (κ3) is 3.91. The number of carboxylic acids is 1. The highest BCUT2D eigenvalue weighted by molar-refractivity contribution is 5.94. The molecule has 1 amide bonds. The molecule has 1 aromatic carbocycles. The third-order valence-electron chi connectivity index (χ3n) is 3.48. The summed E-state index contributed by atoms with van der Waals surface area (Å²) in [5.74, 6) is -2.22. The van der Waals surface area contributed by atoms with Gasteiger partial charge in [-0.1, -0.05) is 0 Å². The number of rotatable bonds is 4. The highest BCUT2D eigenvalue weighted by atomic mass is 19.1. The maximum Gasteiger partial charge on any atom is 0.304 e. The molecule has 1 heterocycles. The summed E-state index contributed by atoms with van der Waals surface area (Å²) in [7, 11) is 0. The smallest absolute Gasteiger partial charge is 0.304 e. The number of carbonyl (C=O) groups is 2. The van der Waals surface area contributed by atoms with E-state index in [9.17, 15) is 14.0 Å². The van der Waals surface area contributed by atoms with Crippen molar-refractivity contribution in [3.63, 3.8) is 0 Å². The van der Waals surface area contributed by atoms with Gasteiger partial charge in [-0.25, -0.2) is 4.39 Å². The van der Waals surface area contributed by atoms with Gasteiger partial charge in [0.25, 0.3) is 5.91 Å². The van der Waals surface area contributed by atoms with E-state index in [1.165, 1.54) is 17.0 Å². The summed E-state index contributed by atoms with van der Waals surface area (Å²) in [4.78, 5) is 26.2. The molecule has 0 aliphatic carbocycles. The van der Waals surface area contributed by atoms with Gasteiger partial charge in [0.15, 0.2) is 0 Å². The van der Waals surface area contributed by atoms with E-state index in [1.807, 2.05) is 4.90 Å². The number of amides is 1. The van der Waals surface area contributed by atoms with Crippen LogP contribution in [-0.2, 0) is 4.79 Å². The van der Waals surface area contributed by atoms with Gasteiger partial charge < -0.3 is 15.1 Å². The number of phenolic OH excluding ortho intramolecular Hbond substituents is 1. The lowest BCUT2D eigenvalue weighted by Gasteiger charge is -2.34. The van der Waals surface area contributed by atoms with Gasteiger partial charge in [-0.15, -0.1) is 0 Å². The van der Waals surface area contributed by atoms with Gasteiger partial charge in [0.2, 0.25) is 0 Å². The summed E-state index contributed by atoms with van der Waals surface area (Å²) >= 11 is 0. The molecule has 0 saturated carbocycles. The van der Waals surface area contributed by atoms with Crippen LogP contribution in [0, 0.1) is 5.82 Å². The van der Waals surface area contributed by atoms with E-state index in [2.05, 4.69) is 0 Å². The molecule has 2 rings (SSSR count). The molecule has 0 bridgehead atoms. The average molecular weight is 296 g/mol. The summed E-state index contributed by atoms with van der Waals surface area (Å²) in [6.45, 7) is 2.44. The minimum atomic E-state index is -0.848. The van der Waals surface area contributed by atoms with E-state index in [-0.39, 0.29) is 17.7 Å². The molecule has 114 valence electrons. The van der Waals surface area contributed by atoms with E-state index in [0.717, 1.165) is 6.07 Å². The first-order chi connectivity index (χ1) is 9.97. The Hall–Kier alpha value is -2.15. The lowest BCUT2D eigenvalue weighted by Crippen LogP contribution is -2.49. The van der Waals surface area contributed by atoms with Gasteiger partial charge in [-0.05, 0) is 12.1 Å². The van der Waals surface area contributed by atoms with E-state index in [4.69, 9.17) is 10.2 Å². The molecule has 0 atom stereocenters. The number of carbonyl (C=O) groups excluding carboxylic acids is 1. The molecule has 2 N–H and O–H groups in total. The van der Waals surface area contributed by atoms with Crippen LogP contribution in [0.25, 0.3) is 0 Å². The predicted octanol–water partition coefficient (Wildman–Crippen LogP) is 0.764. The Kier molecular flexibility index (Phi) is 4.74. The Bertz CT molecular complexity index is 542. The van der Waals surface area contributed by atoms with Crippen molar-refractivity contribution in [2.24, 2.45) is 0 Å². The van der Waals surface area contributed by atoms with Crippen LogP contribution in [0.4, 0.5) is 4.39 Å². The fraction of sp³-hybridized carbons (Fsp3) is 0.429. The van der Waals surface area contributed by atoms with Crippen molar-refractivity contribution in [3.8, 4) is 5.75 Å². The second-order valence-corrected chi connectivity index (χ2v) is 4.94. The van der Waals surface area contributed by atoms with Gasteiger partial charge in [0, 0.05) is 38.8 Å². The Labute approximate surface area is 121 Å². The first kappa shape index (κ1) is 15.2. The number of aliphatic carboxylic acids is 1. The molecular formula is C14H17FN2O4. The number of carboxylic acid groups (broad SMARTS) is 1. The highest BCUT2D eigenvalue weighted by Gasteiger charge is 2.24. The standard InChI is InChI=1S/C14H17FN2O4/c15-12-9-10(18)1-2-11(12)14(21)17-7-5-16(6-8-17)4-3-13(19)20/h1-2,9,18H,3-8H2,(H,19,20). The van der Waals surface area contributed by atoms with Crippen molar-refractivity contribution in [1.29, 1.82) is 0 Å². The number of benzene rings is 1. The Morgan fingerprint density at radius 3 is 2.43 bits per heavy atom. The topological polar surface area (TPSA) is 81.1 Å². The van der Waals surface area contributed by atoms with Crippen LogP contribution in [0.15, 0.2) is 18.2 Å². The normalized spacial score (nSPS) is 16.0. The molecule has 7 heteroatoms. The first-order valence-electron chi connectivity index (χ1n) is 6.69. The number of halogens is 1. The first-order valence-corrected chi connectivity index (χ1v) is 6.69. The number of hydrogen-bond donors (Lipinski definition) is 2. The molecule has 0 radical (unpaired) electrons. The second-order valence-electron chi connectivity index (χ2n) is 4.94. The molecule has 1 aliphatic heterocycles. The zero-order chi connectivity index (χ0) is 15.4. The van der Waals surface area contributed by atoms with E-state index < -0.39 is 17.7 Å². The Morgan fingerprint density at radius 2 is 1.86 bits per heavy atom. The fourth-order valence-electron chi connectivity index (χ4n) is 2.28. The van der Waals surface area contributed by atoms with Gasteiger partial charge in [0.05, 0.1) is 12.0 Å². The van der Waals surface area contributed by atoms with E-state index in [0.29, 0.717) is 32.7 Å². The van der Waals surface area contributed by atoms with Crippen LogP contribution in [0.1, 0.15) is 16.8 Å². The van der Waals surface area contributed by atoms with Gasteiger partial charge >= 0.3 is 5.97 Å². The number of aromatic hydroxyl groups is 1. The van der Waals surface area contributed by atoms with Crippen LogP contribution in [0.3, 0.4) is 0 Å². The lowest BCUT2D eigenvalue weighted by atomic mass is 10.1. The molecule has 1 saturated heterocycles. The Morgan fingerprint density at radius 1 is 1.19 bits per heavy atom. The molecule has 0 spiro atoms.